The molecule has 2 atom stereocenters. The van der Waals surface area contributed by atoms with Gasteiger partial charge < -0.3 is 10.8 Å². The van der Waals surface area contributed by atoms with Crippen LogP contribution in [0.5, 0.6) is 0 Å². The number of benzene rings is 1. The molecular formula is C9H12ClNO. The average Bonchev–Trinajstić information content (AvgIpc) is 2.30. The van der Waals surface area contributed by atoms with E-state index < -0.39 is 6.10 Å². The van der Waals surface area contributed by atoms with Crippen LogP contribution in [0.2, 0.25) is 0 Å². The molecule has 0 fully saturated rings. The molecule has 0 amide bonds. The lowest BCUT2D eigenvalue weighted by atomic mass is 10.1. The largest absolute Gasteiger partial charge is 0.387 e. The van der Waals surface area contributed by atoms with E-state index in [9.17, 15) is 5.11 Å². The Labute approximate surface area is 77.8 Å². The monoisotopic (exact) mass is 185 g/mol. The first-order chi connectivity index (χ1) is 5.29. The van der Waals surface area contributed by atoms with E-state index >= 15 is 0 Å². The average molecular weight is 186 g/mol. The number of hydrogen-bond donors (Lipinski definition) is 2. The summed E-state index contributed by atoms with van der Waals surface area (Å²) in [7, 11) is 0. The molecule has 2 nitrogen and oxygen atoms in total. The Morgan fingerprint density at radius 3 is 2.67 bits per heavy atom. The van der Waals surface area contributed by atoms with Crippen LogP contribution in [0.25, 0.3) is 0 Å². The Bertz CT molecular complexity index is 277. The van der Waals surface area contributed by atoms with Gasteiger partial charge in [-0.05, 0) is 17.5 Å². The number of fused-ring (bicyclic) bond motifs is 1. The third kappa shape index (κ3) is 1.33. The van der Waals surface area contributed by atoms with E-state index in [1.807, 2.05) is 24.3 Å². The van der Waals surface area contributed by atoms with Gasteiger partial charge >= 0.3 is 0 Å². The summed E-state index contributed by atoms with van der Waals surface area (Å²) < 4.78 is 0. The quantitative estimate of drug-likeness (QED) is 0.634. The Kier molecular flexibility index (Phi) is 2.73. The second-order valence-corrected chi connectivity index (χ2v) is 3.01. The summed E-state index contributed by atoms with van der Waals surface area (Å²) in [5.74, 6) is 0. The molecule has 0 radical (unpaired) electrons. The van der Waals surface area contributed by atoms with Crippen molar-refractivity contribution in [2.24, 2.45) is 5.73 Å². The number of nitrogens with two attached hydrogens (primary N) is 1. The van der Waals surface area contributed by atoms with E-state index in [0.717, 1.165) is 12.0 Å². The minimum atomic E-state index is -0.453. The summed E-state index contributed by atoms with van der Waals surface area (Å²) in [6.07, 6.45) is 0.350. The van der Waals surface area contributed by atoms with E-state index in [-0.39, 0.29) is 18.4 Å². The number of halogens is 1. The molecule has 0 spiro atoms. The fourth-order valence-corrected chi connectivity index (χ4v) is 1.60. The first kappa shape index (κ1) is 9.52. The molecule has 0 saturated carbocycles. The Morgan fingerprint density at radius 1 is 1.33 bits per heavy atom. The van der Waals surface area contributed by atoms with E-state index in [1.165, 1.54) is 5.56 Å². The van der Waals surface area contributed by atoms with Gasteiger partial charge in [-0.3, -0.25) is 0 Å². The van der Waals surface area contributed by atoms with Crippen LogP contribution in [0.4, 0.5) is 0 Å². The highest BCUT2D eigenvalue weighted by Crippen LogP contribution is 2.29. The van der Waals surface area contributed by atoms with Gasteiger partial charge in [-0.2, -0.15) is 0 Å². The molecule has 66 valence electrons. The predicted octanol–water partition coefficient (Wildman–Crippen LogP) is 1.03. The second-order valence-electron chi connectivity index (χ2n) is 3.01. The highest BCUT2D eigenvalue weighted by molar-refractivity contribution is 5.85. The molecule has 0 saturated heterocycles. The molecule has 0 aromatic heterocycles. The lowest BCUT2D eigenvalue weighted by molar-refractivity contribution is 0.159. The number of aliphatic hydroxyl groups is 1. The molecule has 0 bridgehead atoms. The van der Waals surface area contributed by atoms with Crippen LogP contribution in [0.1, 0.15) is 17.2 Å². The van der Waals surface area contributed by atoms with Crippen molar-refractivity contribution >= 4 is 12.4 Å². The molecule has 3 heteroatoms. The molecule has 0 heterocycles. The van der Waals surface area contributed by atoms with Crippen molar-refractivity contribution in [3.05, 3.63) is 35.4 Å². The Balaban J connectivity index is 0.000000720. The van der Waals surface area contributed by atoms with Gasteiger partial charge in [0.2, 0.25) is 0 Å². The van der Waals surface area contributed by atoms with Crippen molar-refractivity contribution in [3.8, 4) is 0 Å². The van der Waals surface area contributed by atoms with Gasteiger partial charge in [-0.25, -0.2) is 0 Å². The van der Waals surface area contributed by atoms with Crippen LogP contribution >= 0.6 is 12.4 Å². The molecule has 2 rings (SSSR count). The third-order valence-electron chi connectivity index (χ3n) is 2.23. The second kappa shape index (κ2) is 3.44. The molecule has 12 heavy (non-hydrogen) atoms. The van der Waals surface area contributed by atoms with E-state index in [4.69, 9.17) is 5.73 Å². The molecule has 1 aliphatic carbocycles. The normalized spacial score (nSPS) is 26.2. The van der Waals surface area contributed by atoms with Crippen LogP contribution in [0, 0.1) is 0 Å². The van der Waals surface area contributed by atoms with Crippen molar-refractivity contribution in [2.75, 3.05) is 0 Å². The van der Waals surface area contributed by atoms with E-state index in [2.05, 4.69) is 0 Å². The fourth-order valence-electron chi connectivity index (χ4n) is 1.60. The Morgan fingerprint density at radius 2 is 2.00 bits per heavy atom. The minimum Gasteiger partial charge on any atom is -0.387 e. The summed E-state index contributed by atoms with van der Waals surface area (Å²) in [6, 6.07) is 7.76. The zero-order valence-corrected chi connectivity index (χ0v) is 7.42. The first-order valence-corrected chi connectivity index (χ1v) is 3.80. The topological polar surface area (TPSA) is 46.2 Å². The SMILES string of the molecule is Cl.N[C@@H]1Cc2ccccc2[C@H]1O. The smallest absolute Gasteiger partial charge is 0.0946 e. The van der Waals surface area contributed by atoms with Crippen molar-refractivity contribution in [1.82, 2.24) is 0 Å². The van der Waals surface area contributed by atoms with Gasteiger partial charge in [0.15, 0.2) is 0 Å². The molecule has 1 aliphatic rings. The summed E-state index contributed by atoms with van der Waals surface area (Å²) in [4.78, 5) is 0. The number of aliphatic hydroxyl groups excluding tert-OH is 1. The number of rotatable bonds is 0. The van der Waals surface area contributed by atoms with Crippen molar-refractivity contribution in [1.29, 1.82) is 0 Å². The number of hydrogen-bond acceptors (Lipinski definition) is 2. The summed E-state index contributed by atoms with van der Waals surface area (Å²) in [5.41, 5.74) is 7.87. The molecule has 0 aliphatic heterocycles. The summed E-state index contributed by atoms with van der Waals surface area (Å²) in [6.45, 7) is 0. The minimum absolute atomic E-state index is 0. The summed E-state index contributed by atoms with van der Waals surface area (Å²) in [5, 5.41) is 9.52. The van der Waals surface area contributed by atoms with Crippen molar-refractivity contribution in [2.45, 2.75) is 18.6 Å². The van der Waals surface area contributed by atoms with Crippen LogP contribution < -0.4 is 5.73 Å². The molecular weight excluding hydrogens is 174 g/mol. The van der Waals surface area contributed by atoms with Gasteiger partial charge in [0, 0.05) is 6.04 Å². The van der Waals surface area contributed by atoms with Gasteiger partial charge in [-0.1, -0.05) is 24.3 Å². The van der Waals surface area contributed by atoms with Gasteiger partial charge in [-0.15, -0.1) is 12.4 Å². The maximum Gasteiger partial charge on any atom is 0.0946 e. The highest BCUT2D eigenvalue weighted by atomic mass is 35.5. The van der Waals surface area contributed by atoms with Crippen molar-refractivity contribution < 1.29 is 5.11 Å². The lowest BCUT2D eigenvalue weighted by Gasteiger charge is -2.07. The maximum absolute atomic E-state index is 9.52. The fraction of sp³-hybridized carbons (Fsp3) is 0.333. The van der Waals surface area contributed by atoms with E-state index in [0.29, 0.717) is 0 Å². The Hall–Kier alpha value is -0.570. The maximum atomic E-state index is 9.52. The van der Waals surface area contributed by atoms with Gasteiger partial charge in [0.05, 0.1) is 6.10 Å². The molecule has 1 aromatic carbocycles. The van der Waals surface area contributed by atoms with Crippen LogP contribution in [-0.2, 0) is 6.42 Å². The standard InChI is InChI=1S/C9H11NO.ClH/c10-8-5-6-3-1-2-4-7(6)9(8)11;/h1-4,8-9,11H,5,10H2;1H/t8-,9-;/m1./s1. The van der Waals surface area contributed by atoms with Crippen LogP contribution in [-0.4, -0.2) is 11.1 Å². The molecule has 1 aromatic rings. The third-order valence-corrected chi connectivity index (χ3v) is 2.23. The van der Waals surface area contributed by atoms with Crippen molar-refractivity contribution in [3.63, 3.8) is 0 Å². The first-order valence-electron chi connectivity index (χ1n) is 3.80. The van der Waals surface area contributed by atoms with Gasteiger partial charge in [0.25, 0.3) is 0 Å². The summed E-state index contributed by atoms with van der Waals surface area (Å²) >= 11 is 0. The molecule has 0 unspecified atom stereocenters. The van der Waals surface area contributed by atoms with Crippen LogP contribution in [0.15, 0.2) is 24.3 Å². The highest BCUT2D eigenvalue weighted by Gasteiger charge is 2.26. The van der Waals surface area contributed by atoms with Gasteiger partial charge in [0.1, 0.15) is 0 Å². The zero-order valence-electron chi connectivity index (χ0n) is 6.60. The predicted molar refractivity (Wildman–Crippen MR) is 50.3 cm³/mol. The lowest BCUT2D eigenvalue weighted by Crippen LogP contribution is -2.24. The van der Waals surface area contributed by atoms with E-state index in [1.54, 1.807) is 0 Å². The van der Waals surface area contributed by atoms with Crippen LogP contribution in [0.3, 0.4) is 0 Å². The zero-order chi connectivity index (χ0) is 7.84. The molecule has 3 N–H and O–H groups in total.